The van der Waals surface area contributed by atoms with E-state index >= 15 is 0 Å². The molecule has 2 amide bonds. The van der Waals surface area contributed by atoms with E-state index in [4.69, 9.17) is 5.73 Å². The molecular formula is C14H21N3O2. The molecule has 3 N–H and O–H groups in total. The van der Waals surface area contributed by atoms with Crippen LogP contribution in [0.25, 0.3) is 0 Å². The van der Waals surface area contributed by atoms with Crippen molar-refractivity contribution < 1.29 is 9.59 Å². The summed E-state index contributed by atoms with van der Waals surface area (Å²) in [5.41, 5.74) is 6.28. The van der Waals surface area contributed by atoms with Gasteiger partial charge in [-0.3, -0.25) is 9.59 Å². The topological polar surface area (TPSA) is 75.4 Å². The molecule has 5 heteroatoms. The highest BCUT2D eigenvalue weighted by Crippen LogP contribution is 2.07. The molecule has 0 saturated carbocycles. The Bertz CT molecular complexity index is 476. The van der Waals surface area contributed by atoms with Crippen LogP contribution in [0.5, 0.6) is 0 Å². The molecule has 1 aromatic rings. The van der Waals surface area contributed by atoms with Gasteiger partial charge in [0.25, 0.3) is 11.8 Å². The van der Waals surface area contributed by atoms with Crippen LogP contribution in [-0.2, 0) is 0 Å². The van der Waals surface area contributed by atoms with Crippen molar-refractivity contribution in [3.63, 3.8) is 0 Å². The number of rotatable bonds is 4. The van der Waals surface area contributed by atoms with Gasteiger partial charge in [0.1, 0.15) is 0 Å². The maximum absolute atomic E-state index is 11.9. The van der Waals surface area contributed by atoms with Crippen LogP contribution in [0.1, 0.15) is 34.6 Å². The fourth-order valence-electron chi connectivity index (χ4n) is 1.46. The molecule has 0 fully saturated rings. The third-order valence-electron chi connectivity index (χ3n) is 2.48. The van der Waals surface area contributed by atoms with E-state index in [1.54, 1.807) is 38.4 Å². The molecule has 0 aliphatic rings. The summed E-state index contributed by atoms with van der Waals surface area (Å²) in [5.74, 6) is -0.360. The Hall–Kier alpha value is -1.88. The molecule has 0 heterocycles. The normalized spacial score (nSPS) is 11.0. The Morgan fingerprint density at radius 1 is 1.26 bits per heavy atom. The number of nitrogens with one attached hydrogen (secondary N) is 1. The van der Waals surface area contributed by atoms with Gasteiger partial charge in [0.2, 0.25) is 0 Å². The summed E-state index contributed by atoms with van der Waals surface area (Å²) in [6.07, 6.45) is 0. The van der Waals surface area contributed by atoms with Crippen molar-refractivity contribution in [2.45, 2.75) is 19.4 Å². The van der Waals surface area contributed by atoms with Crippen LogP contribution >= 0.6 is 0 Å². The fraction of sp³-hybridized carbons (Fsp3) is 0.429. The van der Waals surface area contributed by atoms with Gasteiger partial charge in [-0.15, -0.1) is 0 Å². The zero-order chi connectivity index (χ0) is 14.6. The molecule has 19 heavy (non-hydrogen) atoms. The van der Waals surface area contributed by atoms with Crippen molar-refractivity contribution in [2.24, 2.45) is 5.73 Å². The second kappa shape index (κ2) is 5.84. The largest absolute Gasteiger partial charge is 0.350 e. The first-order valence-electron chi connectivity index (χ1n) is 6.09. The molecule has 104 valence electrons. The van der Waals surface area contributed by atoms with Gasteiger partial charge < -0.3 is 16.0 Å². The zero-order valence-corrected chi connectivity index (χ0v) is 11.9. The van der Waals surface area contributed by atoms with E-state index in [1.165, 1.54) is 4.90 Å². The van der Waals surface area contributed by atoms with Crippen LogP contribution in [0, 0.1) is 0 Å². The van der Waals surface area contributed by atoms with Crippen LogP contribution in [0.15, 0.2) is 24.3 Å². The number of benzene rings is 1. The van der Waals surface area contributed by atoms with Crippen LogP contribution in [-0.4, -0.2) is 42.9 Å². The van der Waals surface area contributed by atoms with Crippen molar-refractivity contribution in [1.29, 1.82) is 0 Å². The van der Waals surface area contributed by atoms with Crippen molar-refractivity contribution in [3.05, 3.63) is 35.4 Å². The fourth-order valence-corrected chi connectivity index (χ4v) is 1.46. The van der Waals surface area contributed by atoms with Crippen LogP contribution in [0.2, 0.25) is 0 Å². The highest BCUT2D eigenvalue weighted by atomic mass is 16.2. The summed E-state index contributed by atoms with van der Waals surface area (Å²) in [5, 5.41) is 2.75. The average molecular weight is 263 g/mol. The molecule has 1 rings (SSSR count). The molecule has 0 saturated heterocycles. The van der Waals surface area contributed by atoms with E-state index in [0.717, 1.165) is 0 Å². The van der Waals surface area contributed by atoms with Crippen LogP contribution < -0.4 is 11.1 Å². The van der Waals surface area contributed by atoms with E-state index in [-0.39, 0.29) is 11.8 Å². The Labute approximate surface area is 113 Å². The second-order valence-corrected chi connectivity index (χ2v) is 5.45. The molecule has 0 radical (unpaired) electrons. The number of amides is 2. The second-order valence-electron chi connectivity index (χ2n) is 5.45. The smallest absolute Gasteiger partial charge is 0.253 e. The number of hydrogen-bond acceptors (Lipinski definition) is 3. The van der Waals surface area contributed by atoms with Gasteiger partial charge in [-0.1, -0.05) is 6.07 Å². The quantitative estimate of drug-likeness (QED) is 0.846. The first kappa shape index (κ1) is 15.2. The summed E-state index contributed by atoms with van der Waals surface area (Å²) in [7, 11) is 3.35. The van der Waals surface area contributed by atoms with E-state index in [0.29, 0.717) is 17.7 Å². The number of carbonyl (C=O) groups excluding carboxylic acids is 2. The Morgan fingerprint density at radius 2 is 1.84 bits per heavy atom. The molecule has 0 bridgehead atoms. The van der Waals surface area contributed by atoms with Crippen LogP contribution in [0.3, 0.4) is 0 Å². The monoisotopic (exact) mass is 263 g/mol. The molecule has 0 aliphatic heterocycles. The number of nitrogens with two attached hydrogens (primary N) is 1. The molecular weight excluding hydrogens is 242 g/mol. The van der Waals surface area contributed by atoms with E-state index in [9.17, 15) is 9.59 Å². The predicted molar refractivity (Wildman–Crippen MR) is 75.1 cm³/mol. The van der Waals surface area contributed by atoms with Crippen molar-refractivity contribution in [1.82, 2.24) is 10.2 Å². The van der Waals surface area contributed by atoms with E-state index < -0.39 is 5.54 Å². The maximum atomic E-state index is 11.9. The molecule has 0 spiro atoms. The van der Waals surface area contributed by atoms with E-state index in [2.05, 4.69) is 5.32 Å². The lowest BCUT2D eigenvalue weighted by atomic mass is 10.1. The average Bonchev–Trinajstić information content (AvgIpc) is 2.34. The number of hydrogen-bond donors (Lipinski definition) is 2. The van der Waals surface area contributed by atoms with Crippen molar-refractivity contribution in [3.8, 4) is 0 Å². The molecule has 0 aromatic heterocycles. The minimum atomic E-state index is -0.466. The summed E-state index contributed by atoms with van der Waals surface area (Å²) >= 11 is 0. The van der Waals surface area contributed by atoms with Gasteiger partial charge in [-0.2, -0.15) is 0 Å². The van der Waals surface area contributed by atoms with Gasteiger partial charge in [0.05, 0.1) is 0 Å². The number of carbonyl (C=O) groups is 2. The maximum Gasteiger partial charge on any atom is 0.253 e. The van der Waals surface area contributed by atoms with Crippen LogP contribution in [0.4, 0.5) is 0 Å². The molecule has 0 aliphatic carbocycles. The lowest BCUT2D eigenvalue weighted by Gasteiger charge is -2.19. The highest BCUT2D eigenvalue weighted by molar-refractivity contribution is 5.99. The molecule has 0 unspecified atom stereocenters. The van der Waals surface area contributed by atoms with Crippen molar-refractivity contribution in [2.75, 3.05) is 20.6 Å². The standard InChI is InChI=1S/C14H21N3O2/c1-14(2,15)9-16-12(18)10-6-5-7-11(8-10)13(19)17(3)4/h5-8H,9,15H2,1-4H3,(H,16,18). The van der Waals surface area contributed by atoms with Gasteiger partial charge >= 0.3 is 0 Å². The van der Waals surface area contributed by atoms with Gasteiger partial charge in [-0.25, -0.2) is 0 Å². The Morgan fingerprint density at radius 3 is 2.37 bits per heavy atom. The molecule has 1 aromatic carbocycles. The minimum absolute atomic E-state index is 0.131. The predicted octanol–water partition coefficient (Wildman–Crippen LogP) is 0.855. The van der Waals surface area contributed by atoms with E-state index in [1.807, 2.05) is 13.8 Å². The first-order valence-corrected chi connectivity index (χ1v) is 6.09. The first-order chi connectivity index (χ1) is 8.70. The third kappa shape index (κ3) is 4.71. The lowest BCUT2D eigenvalue weighted by molar-refractivity contribution is 0.0827. The van der Waals surface area contributed by atoms with Gasteiger partial charge in [0.15, 0.2) is 0 Å². The molecule has 5 nitrogen and oxygen atoms in total. The third-order valence-corrected chi connectivity index (χ3v) is 2.48. The number of nitrogens with zero attached hydrogens (tertiary/aromatic N) is 1. The molecule has 0 atom stereocenters. The lowest BCUT2D eigenvalue weighted by Crippen LogP contribution is -2.45. The van der Waals surface area contributed by atoms with Crippen molar-refractivity contribution >= 4 is 11.8 Å². The summed E-state index contributed by atoms with van der Waals surface area (Å²) in [6.45, 7) is 4.04. The summed E-state index contributed by atoms with van der Waals surface area (Å²) in [6, 6.07) is 6.64. The highest BCUT2D eigenvalue weighted by Gasteiger charge is 2.15. The van der Waals surface area contributed by atoms with Gasteiger partial charge in [-0.05, 0) is 32.0 Å². The Kier molecular flexibility index (Phi) is 4.67. The minimum Gasteiger partial charge on any atom is -0.350 e. The zero-order valence-electron chi connectivity index (χ0n) is 11.9. The SMILES string of the molecule is CN(C)C(=O)c1cccc(C(=O)NCC(C)(C)N)c1. The van der Waals surface area contributed by atoms with Gasteiger partial charge in [0, 0.05) is 37.3 Å². The summed E-state index contributed by atoms with van der Waals surface area (Å²) < 4.78 is 0. The Balaban J connectivity index is 2.82. The summed E-state index contributed by atoms with van der Waals surface area (Å²) in [4.78, 5) is 25.2.